The molecule has 20 heavy (non-hydrogen) atoms. The maximum atomic E-state index is 5.87. The van der Waals surface area contributed by atoms with Gasteiger partial charge in [-0.2, -0.15) is 0 Å². The van der Waals surface area contributed by atoms with Gasteiger partial charge in [0.05, 0.1) is 6.54 Å². The lowest BCUT2D eigenvalue weighted by Gasteiger charge is -2.14. The van der Waals surface area contributed by atoms with Crippen LogP contribution in [0.3, 0.4) is 0 Å². The van der Waals surface area contributed by atoms with Gasteiger partial charge in [0.1, 0.15) is 11.6 Å². The van der Waals surface area contributed by atoms with Crippen LogP contribution in [0.5, 0.6) is 0 Å². The van der Waals surface area contributed by atoms with Crippen molar-refractivity contribution in [2.24, 2.45) is 0 Å². The van der Waals surface area contributed by atoms with E-state index < -0.39 is 0 Å². The van der Waals surface area contributed by atoms with Crippen molar-refractivity contribution < 1.29 is 0 Å². The van der Waals surface area contributed by atoms with Gasteiger partial charge < -0.3 is 9.88 Å². The van der Waals surface area contributed by atoms with Crippen LogP contribution in [0, 0.1) is 0 Å². The second-order valence-corrected chi connectivity index (χ2v) is 5.63. The standard InChI is InChI=1S/C15H19ClN4/c16-13-6-4-12(5-7-13)8-9-17-11-15-19-18-14-3-1-2-10-20(14)15/h4-7,17H,1-3,8-11H2. The Labute approximate surface area is 124 Å². The van der Waals surface area contributed by atoms with Gasteiger partial charge in [0.2, 0.25) is 0 Å². The highest BCUT2D eigenvalue weighted by Crippen LogP contribution is 2.14. The number of aryl methyl sites for hydroxylation is 1. The Kier molecular flexibility index (Phi) is 4.33. The zero-order valence-electron chi connectivity index (χ0n) is 11.5. The van der Waals surface area contributed by atoms with Crippen LogP contribution in [-0.2, 0) is 25.9 Å². The molecule has 0 saturated carbocycles. The van der Waals surface area contributed by atoms with E-state index in [9.17, 15) is 0 Å². The average Bonchev–Trinajstić information content (AvgIpc) is 2.89. The Morgan fingerprint density at radius 1 is 1.15 bits per heavy atom. The molecule has 0 fully saturated rings. The summed E-state index contributed by atoms with van der Waals surface area (Å²) in [6, 6.07) is 8.02. The molecule has 2 heterocycles. The molecule has 0 bridgehead atoms. The number of hydrogen-bond donors (Lipinski definition) is 1. The lowest BCUT2D eigenvalue weighted by atomic mass is 10.1. The number of nitrogens with zero attached hydrogens (tertiary/aromatic N) is 3. The highest BCUT2D eigenvalue weighted by molar-refractivity contribution is 6.30. The van der Waals surface area contributed by atoms with Gasteiger partial charge in [-0.3, -0.25) is 0 Å². The fraction of sp³-hybridized carbons (Fsp3) is 0.467. The highest BCUT2D eigenvalue weighted by atomic mass is 35.5. The summed E-state index contributed by atoms with van der Waals surface area (Å²) in [5, 5.41) is 12.8. The lowest BCUT2D eigenvalue weighted by molar-refractivity contribution is 0.498. The van der Waals surface area contributed by atoms with E-state index in [-0.39, 0.29) is 0 Å². The predicted molar refractivity (Wildman–Crippen MR) is 79.8 cm³/mol. The number of aromatic nitrogens is 3. The molecule has 2 aromatic rings. The molecule has 0 aliphatic carbocycles. The first-order chi connectivity index (χ1) is 9.83. The smallest absolute Gasteiger partial charge is 0.147 e. The zero-order valence-corrected chi connectivity index (χ0v) is 12.2. The topological polar surface area (TPSA) is 42.7 Å². The van der Waals surface area contributed by atoms with Crippen LogP contribution in [0.2, 0.25) is 5.02 Å². The first-order valence-corrected chi connectivity index (χ1v) is 7.57. The first-order valence-electron chi connectivity index (χ1n) is 7.19. The van der Waals surface area contributed by atoms with E-state index in [2.05, 4.69) is 32.2 Å². The molecular weight excluding hydrogens is 272 g/mol. The summed E-state index contributed by atoms with van der Waals surface area (Å²) in [5.41, 5.74) is 1.30. The van der Waals surface area contributed by atoms with Gasteiger partial charge in [-0.25, -0.2) is 0 Å². The molecule has 0 atom stereocenters. The maximum absolute atomic E-state index is 5.87. The number of hydrogen-bond acceptors (Lipinski definition) is 3. The van der Waals surface area contributed by atoms with Crippen LogP contribution in [0.4, 0.5) is 0 Å². The van der Waals surface area contributed by atoms with E-state index in [1.54, 1.807) is 0 Å². The van der Waals surface area contributed by atoms with Crippen molar-refractivity contribution >= 4 is 11.6 Å². The quantitative estimate of drug-likeness (QED) is 0.861. The molecule has 0 radical (unpaired) electrons. The van der Waals surface area contributed by atoms with Crippen LogP contribution in [0.25, 0.3) is 0 Å². The summed E-state index contributed by atoms with van der Waals surface area (Å²) in [6.45, 7) is 2.79. The molecule has 1 aliphatic rings. The Morgan fingerprint density at radius 2 is 2.00 bits per heavy atom. The van der Waals surface area contributed by atoms with E-state index in [0.29, 0.717) is 0 Å². The maximum Gasteiger partial charge on any atom is 0.147 e. The Hall–Kier alpha value is -1.39. The molecule has 0 spiro atoms. The summed E-state index contributed by atoms with van der Waals surface area (Å²) in [5.74, 6) is 2.21. The van der Waals surface area contributed by atoms with E-state index >= 15 is 0 Å². The molecule has 1 aromatic heterocycles. The first kappa shape index (κ1) is 13.6. The minimum absolute atomic E-state index is 0.789. The monoisotopic (exact) mass is 290 g/mol. The molecule has 4 nitrogen and oxygen atoms in total. The van der Waals surface area contributed by atoms with Crippen LogP contribution in [0.1, 0.15) is 30.1 Å². The van der Waals surface area contributed by atoms with Crippen molar-refractivity contribution in [3.63, 3.8) is 0 Å². The number of fused-ring (bicyclic) bond motifs is 1. The summed E-state index contributed by atoms with van der Waals surface area (Å²) in [7, 11) is 0. The molecule has 0 unspecified atom stereocenters. The van der Waals surface area contributed by atoms with Crippen LogP contribution in [-0.4, -0.2) is 21.3 Å². The fourth-order valence-electron chi connectivity index (χ4n) is 2.58. The summed E-state index contributed by atoms with van der Waals surface area (Å²) >= 11 is 5.87. The van der Waals surface area contributed by atoms with Crippen LogP contribution in [0.15, 0.2) is 24.3 Å². The van der Waals surface area contributed by atoms with E-state index in [1.807, 2.05) is 12.1 Å². The molecule has 5 heteroatoms. The van der Waals surface area contributed by atoms with Crippen molar-refractivity contribution in [2.75, 3.05) is 6.54 Å². The van der Waals surface area contributed by atoms with Gasteiger partial charge in [0, 0.05) is 18.0 Å². The second-order valence-electron chi connectivity index (χ2n) is 5.19. The van der Waals surface area contributed by atoms with Gasteiger partial charge in [-0.15, -0.1) is 10.2 Å². The number of benzene rings is 1. The number of halogens is 1. The number of nitrogens with one attached hydrogen (secondary N) is 1. The summed E-state index contributed by atoms with van der Waals surface area (Å²) in [6.07, 6.45) is 4.54. The fourth-order valence-corrected chi connectivity index (χ4v) is 2.71. The molecule has 3 rings (SSSR count). The summed E-state index contributed by atoms with van der Waals surface area (Å²) in [4.78, 5) is 0. The van der Waals surface area contributed by atoms with Crippen molar-refractivity contribution in [1.82, 2.24) is 20.1 Å². The number of rotatable bonds is 5. The third kappa shape index (κ3) is 3.19. The van der Waals surface area contributed by atoms with Crippen LogP contribution >= 0.6 is 11.6 Å². The molecule has 1 aliphatic heterocycles. The SMILES string of the molecule is Clc1ccc(CCNCc2nnc3n2CCCC3)cc1. The highest BCUT2D eigenvalue weighted by Gasteiger charge is 2.14. The Balaban J connectivity index is 1.48. The van der Waals surface area contributed by atoms with E-state index in [0.717, 1.165) is 49.1 Å². The normalized spacial score (nSPS) is 14.2. The second kappa shape index (κ2) is 6.37. The third-order valence-corrected chi connectivity index (χ3v) is 3.97. The van der Waals surface area contributed by atoms with Crippen LogP contribution < -0.4 is 5.32 Å². The Morgan fingerprint density at radius 3 is 2.85 bits per heavy atom. The van der Waals surface area contributed by atoms with Gasteiger partial charge >= 0.3 is 0 Å². The van der Waals surface area contributed by atoms with Gasteiger partial charge in [-0.05, 0) is 43.5 Å². The van der Waals surface area contributed by atoms with Gasteiger partial charge in [0.15, 0.2) is 0 Å². The minimum Gasteiger partial charge on any atom is -0.314 e. The largest absolute Gasteiger partial charge is 0.314 e. The third-order valence-electron chi connectivity index (χ3n) is 3.72. The van der Waals surface area contributed by atoms with Gasteiger partial charge in [0.25, 0.3) is 0 Å². The molecule has 0 amide bonds. The minimum atomic E-state index is 0.789. The van der Waals surface area contributed by atoms with E-state index in [4.69, 9.17) is 11.6 Å². The molecule has 106 valence electrons. The summed E-state index contributed by atoms with van der Waals surface area (Å²) < 4.78 is 2.26. The van der Waals surface area contributed by atoms with Crippen molar-refractivity contribution in [1.29, 1.82) is 0 Å². The predicted octanol–water partition coefficient (Wildman–Crippen LogP) is 2.60. The zero-order chi connectivity index (χ0) is 13.8. The molecule has 1 aromatic carbocycles. The molecule has 0 saturated heterocycles. The van der Waals surface area contributed by atoms with Crippen molar-refractivity contribution in [3.8, 4) is 0 Å². The lowest BCUT2D eigenvalue weighted by Crippen LogP contribution is -2.21. The molecule has 1 N–H and O–H groups in total. The average molecular weight is 291 g/mol. The van der Waals surface area contributed by atoms with Crippen molar-refractivity contribution in [3.05, 3.63) is 46.5 Å². The van der Waals surface area contributed by atoms with E-state index in [1.165, 1.54) is 18.4 Å². The Bertz CT molecular complexity index is 562. The molecular formula is C15H19ClN4. The van der Waals surface area contributed by atoms with Gasteiger partial charge in [-0.1, -0.05) is 23.7 Å². The van der Waals surface area contributed by atoms with Crippen molar-refractivity contribution in [2.45, 2.75) is 38.8 Å².